The van der Waals surface area contributed by atoms with E-state index in [2.05, 4.69) is 54.4 Å². The van der Waals surface area contributed by atoms with Gasteiger partial charge in [-0.2, -0.15) is 5.10 Å². The van der Waals surface area contributed by atoms with Gasteiger partial charge in [-0.05, 0) is 25.1 Å². The van der Waals surface area contributed by atoms with Crippen molar-refractivity contribution in [3.63, 3.8) is 0 Å². The van der Waals surface area contributed by atoms with Crippen molar-refractivity contribution in [2.75, 3.05) is 41.3 Å². The molecule has 1 saturated heterocycles. The minimum atomic E-state index is -0.402. The van der Waals surface area contributed by atoms with Crippen LogP contribution in [0.25, 0.3) is 0 Å². The Morgan fingerprint density at radius 1 is 1.00 bits per heavy atom. The molecular weight excluding hydrogens is 354 g/mol. The standard InChI is InChI=1S/C20H23N7O/c1-16(27-9-5-8-23-27)19(28)24-17-14-21-20(22-15-17)26-12-10-25(11-13-26)18-6-3-2-4-7-18/h2-9,14-16H,10-13H2,1H3,(H,24,28). The summed E-state index contributed by atoms with van der Waals surface area (Å²) < 4.78 is 1.61. The number of hydrogen-bond donors (Lipinski definition) is 1. The highest BCUT2D eigenvalue weighted by Gasteiger charge is 2.20. The third-order valence-corrected chi connectivity index (χ3v) is 4.89. The molecule has 1 aromatic carbocycles. The summed E-state index contributed by atoms with van der Waals surface area (Å²) in [5.74, 6) is 0.530. The molecular formula is C20H23N7O. The van der Waals surface area contributed by atoms with Gasteiger partial charge in [0.1, 0.15) is 6.04 Å². The average Bonchev–Trinajstić information content (AvgIpc) is 3.29. The molecule has 1 unspecified atom stereocenters. The van der Waals surface area contributed by atoms with Crippen molar-refractivity contribution in [3.05, 3.63) is 61.2 Å². The van der Waals surface area contributed by atoms with E-state index in [1.165, 1.54) is 5.69 Å². The second-order valence-electron chi connectivity index (χ2n) is 6.73. The van der Waals surface area contributed by atoms with Gasteiger partial charge in [0.15, 0.2) is 0 Å². The molecule has 28 heavy (non-hydrogen) atoms. The fraction of sp³-hybridized carbons (Fsp3) is 0.300. The van der Waals surface area contributed by atoms with Gasteiger partial charge in [-0.25, -0.2) is 9.97 Å². The number of rotatable bonds is 5. The molecule has 2 aromatic heterocycles. The highest BCUT2D eigenvalue weighted by molar-refractivity contribution is 5.93. The predicted molar refractivity (Wildman–Crippen MR) is 108 cm³/mol. The Bertz CT molecular complexity index is 888. The molecule has 8 nitrogen and oxygen atoms in total. The number of hydrogen-bond acceptors (Lipinski definition) is 6. The van der Waals surface area contributed by atoms with E-state index in [0.29, 0.717) is 11.6 Å². The minimum absolute atomic E-state index is 0.156. The van der Waals surface area contributed by atoms with Crippen LogP contribution in [0.4, 0.5) is 17.3 Å². The molecule has 0 aliphatic carbocycles. The molecule has 1 aliphatic rings. The van der Waals surface area contributed by atoms with Crippen molar-refractivity contribution >= 4 is 23.2 Å². The molecule has 3 aromatic rings. The Balaban J connectivity index is 1.33. The third kappa shape index (κ3) is 3.95. The number of carbonyl (C=O) groups excluding carboxylic acids is 1. The quantitative estimate of drug-likeness (QED) is 0.734. The second-order valence-corrected chi connectivity index (χ2v) is 6.73. The van der Waals surface area contributed by atoms with E-state index in [4.69, 9.17) is 0 Å². The first-order valence-electron chi connectivity index (χ1n) is 9.38. The fourth-order valence-corrected chi connectivity index (χ4v) is 3.23. The molecule has 1 amide bonds. The van der Waals surface area contributed by atoms with Crippen LogP contribution < -0.4 is 15.1 Å². The van der Waals surface area contributed by atoms with Gasteiger partial charge < -0.3 is 15.1 Å². The molecule has 0 radical (unpaired) electrons. The van der Waals surface area contributed by atoms with Crippen LogP contribution in [-0.4, -0.2) is 51.8 Å². The van der Waals surface area contributed by atoms with Crippen molar-refractivity contribution in [2.24, 2.45) is 0 Å². The van der Waals surface area contributed by atoms with Crippen LogP contribution in [0.2, 0.25) is 0 Å². The largest absolute Gasteiger partial charge is 0.368 e. The first kappa shape index (κ1) is 18.0. The normalized spacial score (nSPS) is 15.3. The van der Waals surface area contributed by atoms with Crippen molar-refractivity contribution in [2.45, 2.75) is 13.0 Å². The SMILES string of the molecule is CC(C(=O)Nc1cnc(N2CCN(c3ccccc3)CC2)nc1)n1cccn1. The maximum absolute atomic E-state index is 12.3. The minimum Gasteiger partial charge on any atom is -0.368 e. The number of piperazine rings is 1. The summed E-state index contributed by atoms with van der Waals surface area (Å²) in [5, 5.41) is 6.93. The Morgan fingerprint density at radius 3 is 2.32 bits per heavy atom. The van der Waals surface area contributed by atoms with E-state index in [1.807, 2.05) is 6.07 Å². The Kier molecular flexibility index (Phi) is 5.18. The van der Waals surface area contributed by atoms with Crippen molar-refractivity contribution in [1.82, 2.24) is 19.7 Å². The zero-order valence-electron chi connectivity index (χ0n) is 15.8. The lowest BCUT2D eigenvalue weighted by Crippen LogP contribution is -2.47. The Hall–Kier alpha value is -3.42. The molecule has 0 saturated carbocycles. The molecule has 8 heteroatoms. The first-order valence-corrected chi connectivity index (χ1v) is 9.38. The summed E-state index contributed by atoms with van der Waals surface area (Å²) >= 11 is 0. The summed E-state index contributed by atoms with van der Waals surface area (Å²) in [5.41, 5.74) is 1.82. The summed E-state index contributed by atoms with van der Waals surface area (Å²) in [4.78, 5) is 25.7. The number of nitrogens with one attached hydrogen (secondary N) is 1. The number of carbonyl (C=O) groups is 1. The average molecular weight is 377 g/mol. The molecule has 0 spiro atoms. The molecule has 1 atom stereocenters. The molecule has 144 valence electrons. The van der Waals surface area contributed by atoms with Crippen molar-refractivity contribution in [1.29, 1.82) is 0 Å². The highest BCUT2D eigenvalue weighted by atomic mass is 16.2. The highest BCUT2D eigenvalue weighted by Crippen LogP contribution is 2.18. The van der Waals surface area contributed by atoms with E-state index < -0.39 is 6.04 Å². The summed E-state index contributed by atoms with van der Waals surface area (Å²) in [6.07, 6.45) is 6.72. The van der Waals surface area contributed by atoms with E-state index in [-0.39, 0.29) is 5.91 Å². The number of amides is 1. The smallest absolute Gasteiger partial charge is 0.249 e. The lowest BCUT2D eigenvalue weighted by molar-refractivity contribution is -0.119. The van der Waals surface area contributed by atoms with Gasteiger partial charge in [0.25, 0.3) is 0 Å². The summed E-state index contributed by atoms with van der Waals surface area (Å²) in [7, 11) is 0. The van der Waals surface area contributed by atoms with Crippen LogP contribution in [-0.2, 0) is 4.79 Å². The van der Waals surface area contributed by atoms with Crippen LogP contribution in [0.5, 0.6) is 0 Å². The van der Waals surface area contributed by atoms with Crippen molar-refractivity contribution in [3.8, 4) is 0 Å². The fourth-order valence-electron chi connectivity index (χ4n) is 3.23. The Morgan fingerprint density at radius 2 is 1.68 bits per heavy atom. The van der Waals surface area contributed by atoms with Gasteiger partial charge in [0.2, 0.25) is 11.9 Å². The van der Waals surface area contributed by atoms with Gasteiger partial charge in [0.05, 0.1) is 18.1 Å². The number of para-hydroxylation sites is 1. The van der Waals surface area contributed by atoms with Crippen LogP contribution in [0.15, 0.2) is 61.2 Å². The lowest BCUT2D eigenvalue weighted by atomic mass is 10.2. The van der Waals surface area contributed by atoms with Crippen LogP contribution in [0.3, 0.4) is 0 Å². The maximum Gasteiger partial charge on any atom is 0.249 e. The van der Waals surface area contributed by atoms with E-state index in [0.717, 1.165) is 26.2 Å². The van der Waals surface area contributed by atoms with Crippen LogP contribution in [0, 0.1) is 0 Å². The van der Waals surface area contributed by atoms with Crippen LogP contribution >= 0.6 is 0 Å². The lowest BCUT2D eigenvalue weighted by Gasteiger charge is -2.36. The zero-order chi connectivity index (χ0) is 19.3. The molecule has 1 aliphatic heterocycles. The molecule has 1 fully saturated rings. The van der Waals surface area contributed by atoms with E-state index in [1.54, 1.807) is 42.5 Å². The third-order valence-electron chi connectivity index (χ3n) is 4.89. The summed E-state index contributed by atoms with van der Waals surface area (Å²) in [6, 6.07) is 11.8. The number of anilines is 3. The molecule has 4 rings (SSSR count). The monoisotopic (exact) mass is 377 g/mol. The number of nitrogens with zero attached hydrogens (tertiary/aromatic N) is 6. The van der Waals surface area contributed by atoms with Gasteiger partial charge in [-0.3, -0.25) is 9.48 Å². The van der Waals surface area contributed by atoms with E-state index >= 15 is 0 Å². The van der Waals surface area contributed by atoms with Crippen molar-refractivity contribution < 1.29 is 4.79 Å². The van der Waals surface area contributed by atoms with Gasteiger partial charge in [-0.1, -0.05) is 18.2 Å². The molecule has 1 N–H and O–H groups in total. The first-order chi connectivity index (χ1) is 13.7. The van der Waals surface area contributed by atoms with Gasteiger partial charge >= 0.3 is 0 Å². The molecule has 0 bridgehead atoms. The molecule has 3 heterocycles. The Labute approximate surface area is 163 Å². The van der Waals surface area contributed by atoms with Gasteiger partial charge in [-0.15, -0.1) is 0 Å². The summed E-state index contributed by atoms with van der Waals surface area (Å²) in [6.45, 7) is 5.36. The maximum atomic E-state index is 12.3. The number of aromatic nitrogens is 4. The predicted octanol–water partition coefficient (Wildman–Crippen LogP) is 2.20. The van der Waals surface area contributed by atoms with Crippen LogP contribution in [0.1, 0.15) is 13.0 Å². The van der Waals surface area contributed by atoms with Gasteiger partial charge in [0, 0.05) is 44.3 Å². The number of benzene rings is 1. The second kappa shape index (κ2) is 8.08. The van der Waals surface area contributed by atoms with E-state index in [9.17, 15) is 4.79 Å². The zero-order valence-corrected chi connectivity index (χ0v) is 15.8. The topological polar surface area (TPSA) is 79.2 Å².